The van der Waals surface area contributed by atoms with E-state index in [1.807, 2.05) is 19.1 Å². The van der Waals surface area contributed by atoms with E-state index in [0.717, 1.165) is 30.5 Å². The first-order valence-electron chi connectivity index (χ1n) is 7.58. The number of nitrogens with zero attached hydrogens (tertiary/aromatic N) is 2. The number of ether oxygens (including phenoxy) is 1. The molecule has 0 saturated heterocycles. The van der Waals surface area contributed by atoms with Crippen LogP contribution in [-0.2, 0) is 6.42 Å². The van der Waals surface area contributed by atoms with Gasteiger partial charge < -0.3 is 4.74 Å². The Morgan fingerprint density at radius 3 is 2.00 bits per heavy atom. The van der Waals surface area contributed by atoms with Crippen LogP contribution in [0.2, 0.25) is 0 Å². The van der Waals surface area contributed by atoms with Crippen molar-refractivity contribution in [2.75, 3.05) is 0 Å². The van der Waals surface area contributed by atoms with Crippen LogP contribution in [0.3, 0.4) is 0 Å². The Bertz CT molecular complexity index is 795. The van der Waals surface area contributed by atoms with Crippen molar-refractivity contribution < 1.29 is 19.4 Å². The minimum atomic E-state index is -0.894. The van der Waals surface area contributed by atoms with Gasteiger partial charge in [-0.25, -0.2) is 4.79 Å². The van der Waals surface area contributed by atoms with Crippen molar-refractivity contribution in [3.05, 3.63) is 73.3 Å². The average molecular weight is 344 g/mol. The second-order valence-electron chi connectivity index (χ2n) is 5.44. The Labute approximate surface area is 143 Å². The molecule has 0 bridgehead atoms. The summed E-state index contributed by atoms with van der Waals surface area (Å²) in [6.07, 6.45) is 1.88. The van der Waals surface area contributed by atoms with E-state index in [4.69, 9.17) is 4.74 Å². The molecular weight excluding hydrogens is 328 g/mol. The molecule has 2 aromatic rings. The van der Waals surface area contributed by atoms with E-state index >= 15 is 0 Å². The number of rotatable bonds is 6. The van der Waals surface area contributed by atoms with Crippen LogP contribution in [0.4, 0.5) is 11.4 Å². The second kappa shape index (κ2) is 7.52. The smallest absolute Gasteiger partial charge is 0.344 e. The fourth-order valence-electron chi connectivity index (χ4n) is 2.36. The monoisotopic (exact) mass is 344 g/mol. The van der Waals surface area contributed by atoms with E-state index in [0.29, 0.717) is 0 Å². The first kappa shape index (κ1) is 18.1. The Morgan fingerprint density at radius 2 is 1.56 bits per heavy atom. The highest BCUT2D eigenvalue weighted by Gasteiger charge is 2.26. The van der Waals surface area contributed by atoms with Crippen molar-refractivity contribution in [1.29, 1.82) is 0 Å². The van der Waals surface area contributed by atoms with Gasteiger partial charge in [0.15, 0.2) is 0 Å². The van der Waals surface area contributed by atoms with Crippen LogP contribution in [-0.4, -0.2) is 15.8 Å². The number of hydrogen-bond donors (Lipinski definition) is 0. The predicted molar refractivity (Wildman–Crippen MR) is 89.9 cm³/mol. The summed E-state index contributed by atoms with van der Waals surface area (Å²) in [5, 5.41) is 22.1. The quantitative estimate of drug-likeness (QED) is 0.339. The van der Waals surface area contributed by atoms with Crippen LogP contribution in [0.5, 0.6) is 5.75 Å². The van der Waals surface area contributed by atoms with Crippen LogP contribution in [0, 0.1) is 27.2 Å². The van der Waals surface area contributed by atoms with E-state index < -0.39 is 27.2 Å². The molecular formula is C17H16N2O6. The zero-order valence-electron chi connectivity index (χ0n) is 13.7. The first-order chi connectivity index (χ1) is 11.8. The third-order valence-corrected chi connectivity index (χ3v) is 3.65. The maximum Gasteiger partial charge on any atom is 0.344 e. The summed E-state index contributed by atoms with van der Waals surface area (Å²) in [6.45, 7) is 3.31. The Kier molecular flexibility index (Phi) is 5.43. The number of nitro benzene ring substituents is 2. The fraction of sp³-hybridized carbons (Fsp3) is 0.235. The lowest BCUT2D eigenvalue weighted by molar-refractivity contribution is -0.395. The van der Waals surface area contributed by atoms with Gasteiger partial charge in [-0.3, -0.25) is 20.2 Å². The predicted octanol–water partition coefficient (Wildman–Crippen LogP) is 3.98. The Morgan fingerprint density at radius 1 is 1.04 bits per heavy atom. The molecule has 0 spiro atoms. The maximum atomic E-state index is 12.2. The maximum absolute atomic E-state index is 12.2. The summed E-state index contributed by atoms with van der Waals surface area (Å²) in [5.74, 6) is -0.634. The molecule has 0 N–H and O–H groups in total. The molecule has 0 aliphatic heterocycles. The van der Waals surface area contributed by atoms with Gasteiger partial charge in [0.25, 0.3) is 11.4 Å². The van der Waals surface area contributed by atoms with E-state index in [1.165, 1.54) is 6.92 Å². The van der Waals surface area contributed by atoms with Gasteiger partial charge in [0, 0.05) is 12.1 Å². The van der Waals surface area contributed by atoms with Crippen molar-refractivity contribution in [2.45, 2.75) is 26.7 Å². The third kappa shape index (κ3) is 4.17. The largest absolute Gasteiger partial charge is 0.423 e. The molecule has 0 aliphatic rings. The third-order valence-electron chi connectivity index (χ3n) is 3.65. The number of hydrogen-bond acceptors (Lipinski definition) is 6. The molecule has 8 heteroatoms. The lowest BCUT2D eigenvalue weighted by Gasteiger charge is -2.07. The molecule has 2 rings (SSSR count). The number of carbonyl (C=O) groups excluding carboxylic acids is 1. The van der Waals surface area contributed by atoms with E-state index in [-0.39, 0.29) is 16.9 Å². The number of nitro groups is 2. The van der Waals surface area contributed by atoms with Gasteiger partial charge in [-0.05, 0) is 31.0 Å². The highest BCUT2D eigenvalue weighted by molar-refractivity contribution is 5.93. The summed E-state index contributed by atoms with van der Waals surface area (Å²) < 4.78 is 5.16. The topological polar surface area (TPSA) is 113 Å². The van der Waals surface area contributed by atoms with Gasteiger partial charge in [0.1, 0.15) is 11.3 Å². The summed E-state index contributed by atoms with van der Waals surface area (Å²) in [6, 6.07) is 8.81. The van der Waals surface area contributed by atoms with Gasteiger partial charge >= 0.3 is 5.97 Å². The van der Waals surface area contributed by atoms with Crippen molar-refractivity contribution in [3.8, 4) is 5.75 Å². The minimum absolute atomic E-state index is 0.115. The molecule has 0 heterocycles. The van der Waals surface area contributed by atoms with Gasteiger partial charge in [-0.2, -0.15) is 0 Å². The summed E-state index contributed by atoms with van der Waals surface area (Å²) in [7, 11) is 0. The molecule has 130 valence electrons. The normalized spacial score (nSPS) is 10.3. The lowest BCUT2D eigenvalue weighted by atomic mass is 10.1. The number of esters is 1. The van der Waals surface area contributed by atoms with Crippen molar-refractivity contribution in [2.24, 2.45) is 0 Å². The molecule has 0 unspecified atom stereocenters. The lowest BCUT2D eigenvalue weighted by Crippen LogP contribution is -2.10. The number of benzene rings is 2. The average Bonchev–Trinajstić information content (AvgIpc) is 2.56. The Hall–Kier alpha value is -3.29. The van der Waals surface area contributed by atoms with Gasteiger partial charge in [-0.1, -0.05) is 25.5 Å². The zero-order chi connectivity index (χ0) is 18.6. The Balaban J connectivity index is 2.32. The highest BCUT2D eigenvalue weighted by atomic mass is 16.6. The highest BCUT2D eigenvalue weighted by Crippen LogP contribution is 2.30. The van der Waals surface area contributed by atoms with E-state index in [9.17, 15) is 25.0 Å². The molecule has 2 aromatic carbocycles. The fourth-order valence-corrected chi connectivity index (χ4v) is 2.36. The van der Waals surface area contributed by atoms with E-state index in [2.05, 4.69) is 0 Å². The molecule has 0 aliphatic carbocycles. The summed E-state index contributed by atoms with van der Waals surface area (Å²) >= 11 is 0. The van der Waals surface area contributed by atoms with Gasteiger partial charge in [-0.15, -0.1) is 0 Å². The molecule has 25 heavy (non-hydrogen) atoms. The van der Waals surface area contributed by atoms with Crippen LogP contribution in [0.1, 0.15) is 34.8 Å². The van der Waals surface area contributed by atoms with Gasteiger partial charge in [0.2, 0.25) is 0 Å². The molecule has 0 fully saturated rings. The molecule has 0 amide bonds. The molecule has 0 radical (unpaired) electrons. The van der Waals surface area contributed by atoms with Gasteiger partial charge in [0.05, 0.1) is 15.4 Å². The van der Waals surface area contributed by atoms with Crippen LogP contribution >= 0.6 is 0 Å². The van der Waals surface area contributed by atoms with E-state index in [1.54, 1.807) is 12.1 Å². The minimum Gasteiger partial charge on any atom is -0.423 e. The number of aryl methyl sites for hydroxylation is 1. The summed E-state index contributed by atoms with van der Waals surface area (Å²) in [5.41, 5.74) is -0.278. The molecule has 0 atom stereocenters. The number of carbonyl (C=O) groups is 1. The standard InChI is InChI=1S/C17H16N2O6/c1-3-4-12-5-7-14(8-6-12)25-17(20)13-9-15(18(21)22)11(2)16(10-13)19(23)24/h5-10H,3-4H2,1-2H3. The molecule has 0 aromatic heterocycles. The SMILES string of the molecule is CCCc1ccc(OC(=O)c2cc([N+](=O)[O-])c(C)c([N+](=O)[O-])c2)cc1. The molecule has 8 nitrogen and oxygen atoms in total. The second-order valence-corrected chi connectivity index (χ2v) is 5.44. The van der Waals surface area contributed by atoms with Crippen molar-refractivity contribution >= 4 is 17.3 Å². The van der Waals surface area contributed by atoms with Crippen LogP contribution in [0.15, 0.2) is 36.4 Å². The van der Waals surface area contributed by atoms with Crippen LogP contribution < -0.4 is 4.74 Å². The molecule has 0 saturated carbocycles. The van der Waals surface area contributed by atoms with Crippen LogP contribution in [0.25, 0.3) is 0 Å². The van der Waals surface area contributed by atoms with Crippen molar-refractivity contribution in [3.63, 3.8) is 0 Å². The van der Waals surface area contributed by atoms with Crippen molar-refractivity contribution in [1.82, 2.24) is 0 Å². The zero-order valence-corrected chi connectivity index (χ0v) is 13.7. The summed E-state index contributed by atoms with van der Waals surface area (Å²) in [4.78, 5) is 32.8. The first-order valence-corrected chi connectivity index (χ1v) is 7.58.